The first-order valence-corrected chi connectivity index (χ1v) is 6.08. The Morgan fingerprint density at radius 1 is 1.44 bits per heavy atom. The molecule has 96 valence electrons. The zero-order valence-corrected chi connectivity index (χ0v) is 10.3. The number of ether oxygens (including phenoxy) is 1. The molecule has 3 rings (SSSR count). The highest BCUT2D eigenvalue weighted by Crippen LogP contribution is 2.49. The minimum Gasteiger partial charge on any atom is -0.476 e. The van der Waals surface area contributed by atoms with Gasteiger partial charge in [0, 0.05) is 24.6 Å². The first-order chi connectivity index (χ1) is 8.63. The van der Waals surface area contributed by atoms with E-state index in [9.17, 15) is 10.1 Å². The Morgan fingerprint density at radius 3 is 2.67 bits per heavy atom. The summed E-state index contributed by atoms with van der Waals surface area (Å²) < 4.78 is 4.98. The van der Waals surface area contributed by atoms with E-state index in [1.54, 1.807) is 6.07 Å². The van der Waals surface area contributed by atoms with Gasteiger partial charge >= 0.3 is 5.69 Å². The lowest BCUT2D eigenvalue weighted by atomic mass is 9.63. The molecule has 6 nitrogen and oxygen atoms in total. The second kappa shape index (κ2) is 3.83. The third-order valence-corrected chi connectivity index (χ3v) is 4.01. The van der Waals surface area contributed by atoms with Crippen molar-refractivity contribution in [3.05, 3.63) is 22.2 Å². The number of hydrogen-bond donors (Lipinski definition) is 0. The molecule has 0 radical (unpaired) electrons. The summed E-state index contributed by atoms with van der Waals surface area (Å²) in [6.45, 7) is 2.03. The number of hydrogen-bond acceptors (Lipinski definition) is 5. The molecule has 0 bridgehead atoms. The molecule has 1 saturated heterocycles. The van der Waals surface area contributed by atoms with E-state index in [0.29, 0.717) is 5.41 Å². The second-order valence-corrected chi connectivity index (χ2v) is 5.16. The van der Waals surface area contributed by atoms with Crippen molar-refractivity contribution >= 4 is 11.5 Å². The van der Waals surface area contributed by atoms with E-state index >= 15 is 0 Å². The Kier molecular flexibility index (Phi) is 2.39. The lowest BCUT2D eigenvalue weighted by Gasteiger charge is -2.56. The lowest BCUT2D eigenvalue weighted by Crippen LogP contribution is -2.60. The van der Waals surface area contributed by atoms with Crippen LogP contribution >= 0.6 is 0 Å². The van der Waals surface area contributed by atoms with Crippen LogP contribution in [-0.2, 0) is 0 Å². The van der Waals surface area contributed by atoms with Gasteiger partial charge in [-0.05, 0) is 18.9 Å². The van der Waals surface area contributed by atoms with E-state index in [-0.39, 0.29) is 11.6 Å². The molecule has 2 heterocycles. The molecular formula is C12H15N3O3. The highest BCUT2D eigenvalue weighted by atomic mass is 16.6. The molecule has 1 aliphatic carbocycles. The fourth-order valence-corrected chi connectivity index (χ4v) is 2.81. The summed E-state index contributed by atoms with van der Waals surface area (Å²) >= 11 is 0. The van der Waals surface area contributed by atoms with Crippen molar-refractivity contribution in [2.75, 3.05) is 25.1 Å². The molecule has 1 saturated carbocycles. The second-order valence-electron chi connectivity index (χ2n) is 5.16. The molecule has 0 aromatic carbocycles. The minimum atomic E-state index is -0.473. The lowest BCUT2D eigenvalue weighted by molar-refractivity contribution is -0.386. The summed E-state index contributed by atoms with van der Waals surface area (Å²) in [5.41, 5.74) is 0.427. The van der Waals surface area contributed by atoms with E-state index in [1.807, 2.05) is 0 Å². The first kappa shape index (κ1) is 11.3. The van der Waals surface area contributed by atoms with Gasteiger partial charge in [-0.25, -0.2) is 0 Å². The van der Waals surface area contributed by atoms with Gasteiger partial charge in [-0.3, -0.25) is 10.1 Å². The fourth-order valence-electron chi connectivity index (χ4n) is 2.81. The number of pyridine rings is 1. The predicted octanol–water partition coefficient (Wildman–Crippen LogP) is 1.99. The predicted molar refractivity (Wildman–Crippen MR) is 65.9 cm³/mol. The summed E-state index contributed by atoms with van der Waals surface area (Å²) in [6, 6.07) is 3.17. The average molecular weight is 249 g/mol. The molecular weight excluding hydrogens is 234 g/mol. The smallest absolute Gasteiger partial charge is 0.331 e. The summed E-state index contributed by atoms with van der Waals surface area (Å²) in [7, 11) is 1.41. The quantitative estimate of drug-likeness (QED) is 0.605. The zero-order valence-electron chi connectivity index (χ0n) is 10.3. The standard InChI is InChI=1S/C12H15N3O3/c1-18-11-9(15(16)17)3-4-10(13-11)14-7-12(8-14)5-2-6-12/h3-4H,2,5-8H2,1H3. The Hall–Kier alpha value is -1.85. The van der Waals surface area contributed by atoms with Crippen molar-refractivity contribution < 1.29 is 9.66 Å². The number of aromatic nitrogens is 1. The van der Waals surface area contributed by atoms with Crippen LogP contribution in [0.4, 0.5) is 11.5 Å². The van der Waals surface area contributed by atoms with E-state index in [1.165, 1.54) is 32.4 Å². The summed E-state index contributed by atoms with van der Waals surface area (Å²) in [6.07, 6.45) is 3.92. The largest absolute Gasteiger partial charge is 0.476 e. The maximum atomic E-state index is 10.8. The molecule has 1 aliphatic heterocycles. The highest BCUT2D eigenvalue weighted by molar-refractivity contribution is 5.52. The van der Waals surface area contributed by atoms with Crippen LogP contribution in [0.3, 0.4) is 0 Å². The van der Waals surface area contributed by atoms with Crippen molar-refractivity contribution in [3.8, 4) is 5.88 Å². The van der Waals surface area contributed by atoms with Crippen molar-refractivity contribution in [2.24, 2.45) is 5.41 Å². The van der Waals surface area contributed by atoms with Gasteiger partial charge < -0.3 is 9.64 Å². The highest BCUT2D eigenvalue weighted by Gasteiger charge is 2.47. The zero-order chi connectivity index (χ0) is 12.8. The summed E-state index contributed by atoms with van der Waals surface area (Å²) in [5, 5.41) is 10.8. The monoisotopic (exact) mass is 249 g/mol. The van der Waals surface area contributed by atoms with Gasteiger partial charge in [0.05, 0.1) is 12.0 Å². The Morgan fingerprint density at radius 2 is 2.17 bits per heavy atom. The molecule has 0 N–H and O–H groups in total. The third-order valence-electron chi connectivity index (χ3n) is 4.01. The minimum absolute atomic E-state index is 0.0832. The maximum Gasteiger partial charge on any atom is 0.331 e. The molecule has 0 unspecified atom stereocenters. The van der Waals surface area contributed by atoms with Crippen molar-refractivity contribution in [2.45, 2.75) is 19.3 Å². The van der Waals surface area contributed by atoms with Gasteiger partial charge in [0.1, 0.15) is 5.82 Å². The molecule has 2 fully saturated rings. The van der Waals surface area contributed by atoms with Crippen LogP contribution in [0.1, 0.15) is 19.3 Å². The molecule has 2 aliphatic rings. The van der Waals surface area contributed by atoms with Crippen LogP contribution in [-0.4, -0.2) is 30.1 Å². The van der Waals surface area contributed by atoms with Crippen molar-refractivity contribution in [3.63, 3.8) is 0 Å². The van der Waals surface area contributed by atoms with Gasteiger partial charge in [-0.2, -0.15) is 4.98 Å². The van der Waals surface area contributed by atoms with Crippen LogP contribution in [0.2, 0.25) is 0 Å². The van der Waals surface area contributed by atoms with Gasteiger partial charge in [0.25, 0.3) is 5.88 Å². The number of nitro groups is 1. The van der Waals surface area contributed by atoms with Gasteiger partial charge in [0.15, 0.2) is 0 Å². The van der Waals surface area contributed by atoms with Crippen LogP contribution in [0.5, 0.6) is 5.88 Å². The topological polar surface area (TPSA) is 68.5 Å². The van der Waals surface area contributed by atoms with E-state index in [2.05, 4.69) is 9.88 Å². The number of anilines is 1. The fraction of sp³-hybridized carbons (Fsp3) is 0.583. The van der Waals surface area contributed by atoms with Crippen LogP contribution < -0.4 is 9.64 Å². The Balaban J connectivity index is 1.79. The normalized spacial score (nSPS) is 20.2. The average Bonchev–Trinajstić information content (AvgIpc) is 2.24. The SMILES string of the molecule is COc1nc(N2CC3(CCC3)C2)ccc1[N+](=O)[O-]. The molecule has 18 heavy (non-hydrogen) atoms. The van der Waals surface area contributed by atoms with Crippen molar-refractivity contribution in [1.82, 2.24) is 4.98 Å². The summed E-state index contributed by atoms with van der Waals surface area (Å²) in [5.74, 6) is 0.863. The first-order valence-electron chi connectivity index (χ1n) is 6.08. The van der Waals surface area contributed by atoms with Gasteiger partial charge in [0.2, 0.25) is 0 Å². The third kappa shape index (κ3) is 1.60. The Bertz CT molecular complexity index is 491. The van der Waals surface area contributed by atoms with Crippen LogP contribution in [0.15, 0.2) is 12.1 Å². The molecule has 1 aromatic heterocycles. The van der Waals surface area contributed by atoms with E-state index < -0.39 is 4.92 Å². The van der Waals surface area contributed by atoms with E-state index in [0.717, 1.165) is 18.9 Å². The van der Waals surface area contributed by atoms with Crippen LogP contribution in [0.25, 0.3) is 0 Å². The molecule has 1 spiro atoms. The Labute approximate surface area is 105 Å². The van der Waals surface area contributed by atoms with E-state index in [4.69, 9.17) is 4.74 Å². The number of methoxy groups -OCH3 is 1. The number of rotatable bonds is 3. The number of nitrogens with zero attached hydrogens (tertiary/aromatic N) is 3. The van der Waals surface area contributed by atoms with Crippen LogP contribution in [0, 0.1) is 15.5 Å². The van der Waals surface area contributed by atoms with Gasteiger partial charge in [-0.15, -0.1) is 0 Å². The molecule has 0 atom stereocenters. The van der Waals surface area contributed by atoms with Crippen molar-refractivity contribution in [1.29, 1.82) is 0 Å². The molecule has 0 amide bonds. The van der Waals surface area contributed by atoms with Gasteiger partial charge in [-0.1, -0.05) is 6.42 Å². The maximum absolute atomic E-state index is 10.8. The summed E-state index contributed by atoms with van der Waals surface area (Å²) in [4.78, 5) is 16.7. The molecule has 1 aromatic rings. The molecule has 6 heteroatoms.